The summed E-state index contributed by atoms with van der Waals surface area (Å²) < 4.78 is 5.48. The summed E-state index contributed by atoms with van der Waals surface area (Å²) in [5.74, 6) is 0. The second-order valence-corrected chi connectivity index (χ2v) is 10.6. The fourth-order valence-corrected chi connectivity index (χ4v) is 5.94. The molecular formula is C28H29N5O2S. The lowest BCUT2D eigenvalue weighted by molar-refractivity contribution is 0.0342. The lowest BCUT2D eigenvalue weighted by Crippen LogP contribution is -2.35. The number of nitrogens with zero attached hydrogens (tertiary/aromatic N) is 2. The van der Waals surface area contributed by atoms with Gasteiger partial charge in [0.05, 0.1) is 36.0 Å². The molecule has 1 saturated heterocycles. The van der Waals surface area contributed by atoms with Gasteiger partial charge in [-0.2, -0.15) is 5.10 Å². The normalized spacial score (nSPS) is 14.9. The molecule has 0 saturated carbocycles. The van der Waals surface area contributed by atoms with Crippen LogP contribution < -0.4 is 10.6 Å². The average molecular weight is 500 g/mol. The largest absolute Gasteiger partial charge is 0.379 e. The molecule has 184 valence electrons. The van der Waals surface area contributed by atoms with Gasteiger partial charge in [0, 0.05) is 47.7 Å². The predicted molar refractivity (Wildman–Crippen MR) is 143 cm³/mol. The number of H-pyrrole nitrogens is 1. The maximum atomic E-state index is 12.3. The maximum Gasteiger partial charge on any atom is 0.319 e. The Balaban J connectivity index is 1.11. The minimum absolute atomic E-state index is 0.207. The molecule has 0 unspecified atom stereocenters. The molecule has 2 aromatic carbocycles. The molecule has 1 aliphatic carbocycles. The summed E-state index contributed by atoms with van der Waals surface area (Å²) in [6.07, 6.45) is 0.887. The number of amides is 2. The van der Waals surface area contributed by atoms with Gasteiger partial charge in [-0.25, -0.2) is 4.79 Å². The second-order valence-electron chi connectivity index (χ2n) is 9.43. The molecule has 0 atom stereocenters. The highest BCUT2D eigenvalue weighted by Crippen LogP contribution is 2.42. The van der Waals surface area contributed by atoms with Crippen molar-refractivity contribution in [3.8, 4) is 21.8 Å². The topological polar surface area (TPSA) is 82.3 Å². The van der Waals surface area contributed by atoms with Crippen LogP contribution in [0.4, 0.5) is 10.5 Å². The van der Waals surface area contributed by atoms with Gasteiger partial charge in [-0.15, -0.1) is 11.3 Å². The van der Waals surface area contributed by atoms with E-state index >= 15 is 0 Å². The van der Waals surface area contributed by atoms with Crippen molar-refractivity contribution < 1.29 is 9.53 Å². The van der Waals surface area contributed by atoms with E-state index in [1.54, 1.807) is 11.3 Å². The number of carbonyl (C=O) groups excluding carboxylic acids is 1. The number of ether oxygens (including phenoxy) is 1. The third-order valence-electron chi connectivity index (χ3n) is 6.78. The monoisotopic (exact) mass is 499 g/mol. The summed E-state index contributed by atoms with van der Waals surface area (Å²) in [7, 11) is 0. The van der Waals surface area contributed by atoms with Crippen LogP contribution in [-0.2, 0) is 24.2 Å². The third kappa shape index (κ3) is 4.80. The number of thiophene rings is 1. The number of carbonyl (C=O) groups is 1. The van der Waals surface area contributed by atoms with Crippen molar-refractivity contribution in [1.82, 2.24) is 20.4 Å². The van der Waals surface area contributed by atoms with Crippen LogP contribution in [0.15, 0.2) is 54.6 Å². The van der Waals surface area contributed by atoms with Crippen molar-refractivity contribution >= 4 is 23.1 Å². The SMILES string of the molecule is Cc1cccc(NC(=O)NCc2ccc(-c3[nH]nc4c3Cc3cc(CN5CCOCC5)ccc3-4)s2)c1. The van der Waals surface area contributed by atoms with E-state index < -0.39 is 0 Å². The summed E-state index contributed by atoms with van der Waals surface area (Å²) >= 11 is 1.68. The van der Waals surface area contributed by atoms with Crippen LogP contribution in [0.5, 0.6) is 0 Å². The Labute approximate surface area is 214 Å². The molecule has 0 radical (unpaired) electrons. The highest BCUT2D eigenvalue weighted by atomic mass is 32.1. The maximum absolute atomic E-state index is 12.3. The summed E-state index contributed by atoms with van der Waals surface area (Å²) in [6, 6.07) is 18.5. The van der Waals surface area contributed by atoms with Gasteiger partial charge >= 0.3 is 6.03 Å². The van der Waals surface area contributed by atoms with Crippen molar-refractivity contribution in [3.05, 3.63) is 81.7 Å². The van der Waals surface area contributed by atoms with Crippen molar-refractivity contribution in [2.24, 2.45) is 0 Å². The van der Waals surface area contributed by atoms with Crippen LogP contribution in [0.25, 0.3) is 21.8 Å². The molecule has 6 rings (SSSR count). The van der Waals surface area contributed by atoms with Gasteiger partial charge in [-0.1, -0.05) is 30.3 Å². The third-order valence-corrected chi connectivity index (χ3v) is 7.88. The quantitative estimate of drug-likeness (QED) is 0.301. The number of hydrogen-bond acceptors (Lipinski definition) is 5. The molecule has 8 heteroatoms. The highest BCUT2D eigenvalue weighted by Gasteiger charge is 2.26. The first-order chi connectivity index (χ1) is 17.6. The van der Waals surface area contributed by atoms with Crippen molar-refractivity contribution in [3.63, 3.8) is 0 Å². The molecule has 4 aromatic rings. The number of rotatable bonds is 6. The fourth-order valence-electron chi connectivity index (χ4n) is 4.97. The van der Waals surface area contributed by atoms with E-state index in [0.717, 1.165) is 71.7 Å². The zero-order chi connectivity index (χ0) is 24.5. The number of anilines is 1. The van der Waals surface area contributed by atoms with Crippen molar-refractivity contribution in [2.45, 2.75) is 26.4 Å². The van der Waals surface area contributed by atoms with Crippen LogP contribution in [0.3, 0.4) is 0 Å². The van der Waals surface area contributed by atoms with Gasteiger partial charge in [0.2, 0.25) is 0 Å². The first-order valence-electron chi connectivity index (χ1n) is 12.3. The number of benzene rings is 2. The zero-order valence-electron chi connectivity index (χ0n) is 20.3. The number of aromatic nitrogens is 2. The zero-order valence-corrected chi connectivity index (χ0v) is 21.1. The summed E-state index contributed by atoms with van der Waals surface area (Å²) in [6.45, 7) is 7.07. The Bertz CT molecular complexity index is 1400. The lowest BCUT2D eigenvalue weighted by Gasteiger charge is -2.26. The van der Waals surface area contributed by atoms with Crippen LogP contribution >= 0.6 is 11.3 Å². The minimum atomic E-state index is -0.207. The van der Waals surface area contributed by atoms with E-state index in [1.807, 2.05) is 31.2 Å². The number of nitrogens with one attached hydrogen (secondary N) is 3. The molecule has 1 aliphatic heterocycles. The number of hydrogen-bond donors (Lipinski definition) is 3. The van der Waals surface area contributed by atoms with E-state index in [9.17, 15) is 4.79 Å². The van der Waals surface area contributed by atoms with Gasteiger partial charge in [0.15, 0.2) is 0 Å². The van der Waals surface area contributed by atoms with Gasteiger partial charge < -0.3 is 15.4 Å². The van der Waals surface area contributed by atoms with E-state index in [1.165, 1.54) is 22.3 Å². The van der Waals surface area contributed by atoms with E-state index in [0.29, 0.717) is 6.54 Å². The number of fused-ring (bicyclic) bond motifs is 3. The molecule has 2 aromatic heterocycles. The molecule has 7 nitrogen and oxygen atoms in total. The molecule has 3 heterocycles. The Hall–Kier alpha value is -3.46. The number of aromatic amines is 1. The van der Waals surface area contributed by atoms with Crippen LogP contribution in [0, 0.1) is 6.92 Å². The summed E-state index contributed by atoms with van der Waals surface area (Å²) in [5, 5.41) is 13.8. The molecular weight excluding hydrogens is 470 g/mol. The summed E-state index contributed by atoms with van der Waals surface area (Å²) in [4.78, 5) is 17.0. The fraction of sp³-hybridized carbons (Fsp3) is 0.286. The molecule has 0 bridgehead atoms. The molecule has 2 aliphatic rings. The van der Waals surface area contributed by atoms with Gasteiger partial charge in [0.25, 0.3) is 0 Å². The molecule has 1 fully saturated rings. The van der Waals surface area contributed by atoms with Crippen LogP contribution in [0.1, 0.15) is 27.1 Å². The Morgan fingerprint density at radius 1 is 1.14 bits per heavy atom. The van der Waals surface area contributed by atoms with E-state index in [-0.39, 0.29) is 6.03 Å². The standard InChI is InChI=1S/C28H29N5O2S/c1-18-3-2-4-21(13-18)30-28(34)29-16-22-6-8-25(36-22)27-24-15-20-14-19(17-33-9-11-35-12-10-33)5-7-23(20)26(24)31-32-27/h2-8,13-14H,9-12,15-17H2,1H3,(H,31,32)(H2,29,30,34). The molecule has 36 heavy (non-hydrogen) atoms. The van der Waals surface area contributed by atoms with Crippen LogP contribution in [-0.4, -0.2) is 47.4 Å². The second kappa shape index (κ2) is 9.89. The summed E-state index contributed by atoms with van der Waals surface area (Å²) in [5.41, 5.74) is 9.22. The molecule has 3 N–H and O–H groups in total. The van der Waals surface area contributed by atoms with Gasteiger partial charge in [-0.05, 0) is 47.9 Å². The minimum Gasteiger partial charge on any atom is -0.379 e. The first kappa shape index (κ1) is 23.0. The number of morpholine rings is 1. The smallest absolute Gasteiger partial charge is 0.319 e. The predicted octanol–water partition coefficient (Wildman–Crippen LogP) is 5.17. The first-order valence-corrected chi connectivity index (χ1v) is 13.1. The Morgan fingerprint density at radius 3 is 2.89 bits per heavy atom. The number of urea groups is 1. The van der Waals surface area contributed by atoms with Crippen LogP contribution in [0.2, 0.25) is 0 Å². The van der Waals surface area contributed by atoms with Crippen molar-refractivity contribution in [2.75, 3.05) is 31.6 Å². The molecule has 2 amide bonds. The average Bonchev–Trinajstić information content (AvgIpc) is 3.58. The van der Waals surface area contributed by atoms with Gasteiger partial charge in [0.1, 0.15) is 0 Å². The van der Waals surface area contributed by atoms with Gasteiger partial charge in [-0.3, -0.25) is 10.00 Å². The number of aryl methyl sites for hydroxylation is 1. The van der Waals surface area contributed by atoms with E-state index in [4.69, 9.17) is 4.74 Å². The highest BCUT2D eigenvalue weighted by molar-refractivity contribution is 7.15. The van der Waals surface area contributed by atoms with E-state index in [2.05, 4.69) is 56.1 Å². The Morgan fingerprint density at radius 2 is 2.03 bits per heavy atom. The lowest BCUT2D eigenvalue weighted by atomic mass is 10.0. The molecule has 0 spiro atoms. The Kier molecular flexibility index (Phi) is 6.31. The van der Waals surface area contributed by atoms with Crippen molar-refractivity contribution in [1.29, 1.82) is 0 Å².